The predicted molar refractivity (Wildman–Crippen MR) is 128 cm³/mol. The first-order chi connectivity index (χ1) is 15.1. The number of nitrogens with one attached hydrogen (secondary N) is 1. The number of aromatic nitrogens is 3. The molecule has 164 valence electrons. The van der Waals surface area contributed by atoms with E-state index in [1.807, 2.05) is 0 Å². The number of hydrogen-bond acceptors (Lipinski definition) is 6. The van der Waals surface area contributed by atoms with E-state index in [1.54, 1.807) is 0 Å². The molecule has 2 aromatic heterocycles. The van der Waals surface area contributed by atoms with Gasteiger partial charge in [-0.3, -0.25) is 0 Å². The van der Waals surface area contributed by atoms with Gasteiger partial charge in [-0.05, 0) is 70.0 Å². The average Bonchev–Trinajstić information content (AvgIpc) is 3.12. The maximum Gasteiger partial charge on any atom is 0.229 e. The number of anilines is 3. The molecule has 0 atom stereocenters. The van der Waals surface area contributed by atoms with Gasteiger partial charge in [-0.15, -0.1) is 0 Å². The maximum absolute atomic E-state index is 4.93. The van der Waals surface area contributed by atoms with Crippen molar-refractivity contribution in [2.45, 2.75) is 33.1 Å². The summed E-state index contributed by atoms with van der Waals surface area (Å²) >= 11 is 0. The Morgan fingerprint density at radius 1 is 0.839 bits per heavy atom. The third kappa shape index (κ3) is 4.06. The van der Waals surface area contributed by atoms with E-state index < -0.39 is 0 Å². The Balaban J connectivity index is 1.39. The molecule has 0 radical (unpaired) electrons. The number of fused-ring (bicyclic) bond motifs is 1. The van der Waals surface area contributed by atoms with E-state index in [2.05, 4.69) is 76.2 Å². The van der Waals surface area contributed by atoms with Gasteiger partial charge in [-0.25, -0.2) is 9.66 Å². The average molecular weight is 420 g/mol. The number of piperazine rings is 1. The lowest BCUT2D eigenvalue weighted by atomic mass is 10.2. The molecular weight excluding hydrogens is 386 g/mol. The van der Waals surface area contributed by atoms with Crippen LogP contribution in [-0.2, 0) is 0 Å². The quantitative estimate of drug-likeness (QED) is 0.696. The number of piperidine rings is 1. The van der Waals surface area contributed by atoms with Gasteiger partial charge in [0.1, 0.15) is 0 Å². The number of nitrogens with zero attached hydrogens (tertiary/aromatic N) is 6. The van der Waals surface area contributed by atoms with Crippen LogP contribution < -0.4 is 15.2 Å². The molecule has 0 amide bonds. The predicted octanol–water partition coefficient (Wildman–Crippen LogP) is 3.67. The lowest BCUT2D eigenvalue weighted by molar-refractivity contribution is 0.313. The third-order valence-corrected chi connectivity index (χ3v) is 6.63. The van der Waals surface area contributed by atoms with Crippen LogP contribution in [0.5, 0.6) is 0 Å². The monoisotopic (exact) mass is 419 g/mol. The minimum Gasteiger partial charge on any atom is -0.369 e. The number of likely N-dealkylation sites (N-methyl/N-ethyl adjacent to an activating group) is 1. The molecule has 0 unspecified atom stereocenters. The molecule has 0 aliphatic carbocycles. The zero-order chi connectivity index (χ0) is 21.4. The van der Waals surface area contributed by atoms with Crippen molar-refractivity contribution >= 4 is 28.4 Å². The molecule has 7 nitrogen and oxygen atoms in total. The van der Waals surface area contributed by atoms with E-state index in [0.29, 0.717) is 5.95 Å². The summed E-state index contributed by atoms with van der Waals surface area (Å²) in [4.78, 5) is 14.5. The van der Waals surface area contributed by atoms with E-state index in [-0.39, 0.29) is 0 Å². The maximum atomic E-state index is 4.93. The summed E-state index contributed by atoms with van der Waals surface area (Å²) in [5, 5.41) is 7.02. The number of hydrogen-bond donors (Lipinski definition) is 1. The molecule has 2 aliphatic heterocycles. The van der Waals surface area contributed by atoms with Crippen LogP contribution in [0, 0.1) is 13.8 Å². The van der Waals surface area contributed by atoms with Gasteiger partial charge in [0.25, 0.3) is 0 Å². The Hall–Kier alpha value is -2.80. The molecule has 0 spiro atoms. The molecular formula is C24H33N7. The van der Waals surface area contributed by atoms with E-state index in [4.69, 9.17) is 9.97 Å². The van der Waals surface area contributed by atoms with Gasteiger partial charge in [0.05, 0.1) is 5.69 Å². The van der Waals surface area contributed by atoms with E-state index >= 15 is 0 Å². The second-order valence-electron chi connectivity index (χ2n) is 8.96. The molecule has 7 heteroatoms. The van der Waals surface area contributed by atoms with E-state index in [1.165, 1.54) is 35.9 Å². The summed E-state index contributed by atoms with van der Waals surface area (Å²) in [5.74, 6) is 0.661. The first-order valence-electron chi connectivity index (χ1n) is 11.5. The molecule has 5 rings (SSSR count). The molecule has 2 saturated heterocycles. The zero-order valence-corrected chi connectivity index (χ0v) is 18.9. The van der Waals surface area contributed by atoms with Crippen LogP contribution in [0.3, 0.4) is 0 Å². The lowest BCUT2D eigenvalue weighted by Gasteiger charge is -2.34. The minimum absolute atomic E-state index is 0.661. The highest BCUT2D eigenvalue weighted by Crippen LogP contribution is 2.26. The van der Waals surface area contributed by atoms with Gasteiger partial charge in [0.15, 0.2) is 5.65 Å². The first-order valence-corrected chi connectivity index (χ1v) is 11.5. The SMILES string of the molecule is Cc1cn(N2CCCCC2)c2nc(Nc3ccc(N4CCN(C)CC4)cc3)nc(C)c12. The highest BCUT2D eigenvalue weighted by molar-refractivity contribution is 5.84. The van der Waals surface area contributed by atoms with E-state index in [0.717, 1.165) is 56.3 Å². The van der Waals surface area contributed by atoms with Gasteiger partial charge in [-0.1, -0.05) is 0 Å². The highest BCUT2D eigenvalue weighted by Gasteiger charge is 2.18. The van der Waals surface area contributed by atoms with Crippen LogP contribution in [0.15, 0.2) is 30.5 Å². The van der Waals surface area contributed by atoms with Crippen molar-refractivity contribution in [2.24, 2.45) is 0 Å². The van der Waals surface area contributed by atoms with E-state index in [9.17, 15) is 0 Å². The Kier molecular flexibility index (Phi) is 5.44. The Bertz CT molecular complexity index is 1040. The fourth-order valence-electron chi connectivity index (χ4n) is 4.81. The molecule has 3 aromatic rings. The van der Waals surface area contributed by atoms with Crippen LogP contribution >= 0.6 is 0 Å². The van der Waals surface area contributed by atoms with Crippen molar-refractivity contribution in [1.29, 1.82) is 0 Å². The molecule has 2 fully saturated rings. The van der Waals surface area contributed by atoms with Crippen LogP contribution in [0.2, 0.25) is 0 Å². The van der Waals surface area contributed by atoms with Gasteiger partial charge >= 0.3 is 0 Å². The number of benzene rings is 1. The highest BCUT2D eigenvalue weighted by atomic mass is 15.6. The van der Waals surface area contributed by atoms with Crippen LogP contribution in [0.25, 0.3) is 11.0 Å². The molecule has 4 heterocycles. The minimum atomic E-state index is 0.661. The molecule has 0 bridgehead atoms. The normalized spacial score (nSPS) is 18.0. The standard InChI is InChI=1S/C24H33N7/c1-18-17-31(30-11-5-4-6-12-30)23-22(18)19(2)25-24(27-23)26-20-7-9-21(10-8-20)29-15-13-28(3)14-16-29/h7-10,17H,4-6,11-16H2,1-3H3,(H,25,26,27). The van der Waals surface area contributed by atoms with Crippen LogP contribution in [0.4, 0.5) is 17.3 Å². The van der Waals surface area contributed by atoms with Gasteiger partial charge < -0.3 is 20.1 Å². The lowest BCUT2D eigenvalue weighted by Crippen LogP contribution is -2.44. The Morgan fingerprint density at radius 2 is 1.55 bits per heavy atom. The largest absolute Gasteiger partial charge is 0.369 e. The second-order valence-corrected chi connectivity index (χ2v) is 8.96. The summed E-state index contributed by atoms with van der Waals surface area (Å²) in [7, 11) is 2.19. The van der Waals surface area contributed by atoms with Crippen LogP contribution in [-0.4, -0.2) is 65.9 Å². The van der Waals surface area contributed by atoms with Crippen molar-refractivity contribution in [3.8, 4) is 0 Å². The molecule has 0 saturated carbocycles. The van der Waals surface area contributed by atoms with Crippen molar-refractivity contribution in [2.75, 3.05) is 61.5 Å². The number of aryl methyl sites for hydroxylation is 2. The fourth-order valence-corrected chi connectivity index (χ4v) is 4.81. The third-order valence-electron chi connectivity index (χ3n) is 6.63. The van der Waals surface area contributed by atoms with Crippen molar-refractivity contribution < 1.29 is 0 Å². The van der Waals surface area contributed by atoms with Crippen molar-refractivity contribution in [3.63, 3.8) is 0 Å². The van der Waals surface area contributed by atoms with Crippen molar-refractivity contribution in [1.82, 2.24) is 19.5 Å². The summed E-state index contributed by atoms with van der Waals surface area (Å²) < 4.78 is 2.25. The molecule has 1 N–H and O–H groups in total. The number of rotatable bonds is 4. The van der Waals surface area contributed by atoms with Crippen LogP contribution in [0.1, 0.15) is 30.5 Å². The molecule has 31 heavy (non-hydrogen) atoms. The summed E-state index contributed by atoms with van der Waals surface area (Å²) in [6.07, 6.45) is 6.02. The zero-order valence-electron chi connectivity index (χ0n) is 18.9. The van der Waals surface area contributed by atoms with Crippen molar-refractivity contribution in [3.05, 3.63) is 41.7 Å². The summed E-state index contributed by atoms with van der Waals surface area (Å²) in [6.45, 7) is 10.8. The summed E-state index contributed by atoms with van der Waals surface area (Å²) in [5.41, 5.74) is 5.56. The van der Waals surface area contributed by atoms with Gasteiger partial charge in [-0.2, -0.15) is 4.98 Å². The molecule has 2 aliphatic rings. The molecule has 1 aromatic carbocycles. The Morgan fingerprint density at radius 3 is 2.26 bits per heavy atom. The van der Waals surface area contributed by atoms with Gasteiger partial charge in [0, 0.05) is 62.2 Å². The topological polar surface area (TPSA) is 52.5 Å². The first kappa shape index (κ1) is 20.1. The Labute approximate surface area is 184 Å². The summed E-state index contributed by atoms with van der Waals surface area (Å²) in [6, 6.07) is 8.65. The fraction of sp³-hybridized carbons (Fsp3) is 0.500. The van der Waals surface area contributed by atoms with Gasteiger partial charge in [0.2, 0.25) is 5.95 Å². The second kappa shape index (κ2) is 8.38. The smallest absolute Gasteiger partial charge is 0.229 e.